The van der Waals surface area contributed by atoms with Crippen LogP contribution in [0.25, 0.3) is 11.1 Å². The first kappa shape index (κ1) is 10.5. The first-order valence-electron chi connectivity index (χ1n) is 5.59. The van der Waals surface area contributed by atoms with Crippen LogP contribution >= 0.6 is 11.6 Å². The van der Waals surface area contributed by atoms with Crippen molar-refractivity contribution in [3.63, 3.8) is 0 Å². The molecule has 0 spiro atoms. The molecule has 1 aliphatic rings. The number of aromatic amines is 1. The zero-order valence-corrected chi connectivity index (χ0v) is 9.87. The fourth-order valence-corrected chi connectivity index (χ4v) is 2.07. The molecule has 0 radical (unpaired) electrons. The van der Waals surface area contributed by atoms with Gasteiger partial charge in [0, 0.05) is 10.9 Å². The molecule has 0 saturated heterocycles. The zero-order chi connectivity index (χ0) is 11.8. The van der Waals surface area contributed by atoms with E-state index in [2.05, 4.69) is 10.2 Å². The SMILES string of the molecule is O=c1[nH]nc(C2CC2)cc1-c1cccc(Cl)c1. The van der Waals surface area contributed by atoms with Gasteiger partial charge >= 0.3 is 0 Å². The predicted molar refractivity (Wildman–Crippen MR) is 67.3 cm³/mol. The summed E-state index contributed by atoms with van der Waals surface area (Å²) in [6, 6.07) is 9.19. The zero-order valence-electron chi connectivity index (χ0n) is 9.11. The summed E-state index contributed by atoms with van der Waals surface area (Å²) in [7, 11) is 0. The lowest BCUT2D eigenvalue weighted by atomic mass is 10.1. The predicted octanol–water partition coefficient (Wildman–Crippen LogP) is 2.97. The molecule has 4 heteroatoms. The number of halogens is 1. The number of nitrogens with zero attached hydrogens (tertiary/aromatic N) is 1. The van der Waals surface area contributed by atoms with Gasteiger partial charge in [0.15, 0.2) is 0 Å². The third-order valence-electron chi connectivity index (χ3n) is 2.95. The van der Waals surface area contributed by atoms with Crippen molar-refractivity contribution in [3.05, 3.63) is 51.4 Å². The Morgan fingerprint density at radius 2 is 2.12 bits per heavy atom. The molecule has 3 nitrogen and oxygen atoms in total. The number of hydrogen-bond donors (Lipinski definition) is 1. The van der Waals surface area contributed by atoms with Gasteiger partial charge in [-0.25, -0.2) is 5.10 Å². The number of benzene rings is 1. The lowest BCUT2D eigenvalue weighted by molar-refractivity contribution is 0.890. The topological polar surface area (TPSA) is 45.8 Å². The van der Waals surface area contributed by atoms with Crippen molar-refractivity contribution in [1.82, 2.24) is 10.2 Å². The summed E-state index contributed by atoms with van der Waals surface area (Å²) in [5.41, 5.74) is 2.28. The van der Waals surface area contributed by atoms with E-state index in [1.54, 1.807) is 12.1 Å². The Labute approximate surface area is 103 Å². The van der Waals surface area contributed by atoms with Crippen LogP contribution < -0.4 is 5.56 Å². The van der Waals surface area contributed by atoms with Gasteiger partial charge in [0.25, 0.3) is 5.56 Å². The number of H-pyrrole nitrogens is 1. The first-order valence-corrected chi connectivity index (χ1v) is 5.97. The average molecular weight is 247 g/mol. The van der Waals surface area contributed by atoms with E-state index in [9.17, 15) is 4.79 Å². The highest BCUT2D eigenvalue weighted by atomic mass is 35.5. The molecule has 0 amide bonds. The summed E-state index contributed by atoms with van der Waals surface area (Å²) in [6.45, 7) is 0. The fourth-order valence-electron chi connectivity index (χ4n) is 1.88. The van der Waals surface area contributed by atoms with Crippen LogP contribution in [0.4, 0.5) is 0 Å². The summed E-state index contributed by atoms with van der Waals surface area (Å²) < 4.78 is 0. The maximum absolute atomic E-state index is 11.8. The molecule has 17 heavy (non-hydrogen) atoms. The molecule has 1 N–H and O–H groups in total. The van der Waals surface area contributed by atoms with Gasteiger partial charge in [0.05, 0.1) is 11.3 Å². The monoisotopic (exact) mass is 246 g/mol. The van der Waals surface area contributed by atoms with Gasteiger partial charge in [-0.2, -0.15) is 5.10 Å². The molecule has 3 rings (SSSR count). The van der Waals surface area contributed by atoms with Crippen molar-refractivity contribution in [2.45, 2.75) is 18.8 Å². The number of aromatic nitrogens is 2. The Balaban J connectivity index is 2.12. The van der Waals surface area contributed by atoms with E-state index in [1.807, 2.05) is 18.2 Å². The van der Waals surface area contributed by atoms with E-state index in [0.717, 1.165) is 24.1 Å². The highest BCUT2D eigenvalue weighted by Gasteiger charge is 2.26. The van der Waals surface area contributed by atoms with E-state index in [1.165, 1.54) is 0 Å². The van der Waals surface area contributed by atoms with E-state index in [4.69, 9.17) is 11.6 Å². The van der Waals surface area contributed by atoms with Crippen molar-refractivity contribution in [1.29, 1.82) is 0 Å². The van der Waals surface area contributed by atoms with Gasteiger partial charge < -0.3 is 0 Å². The van der Waals surface area contributed by atoms with Gasteiger partial charge in [-0.05, 0) is 36.6 Å². The Kier molecular flexibility index (Phi) is 2.48. The van der Waals surface area contributed by atoms with Crippen LogP contribution in [0.5, 0.6) is 0 Å². The van der Waals surface area contributed by atoms with E-state index in [-0.39, 0.29) is 5.56 Å². The van der Waals surface area contributed by atoms with Gasteiger partial charge in [-0.1, -0.05) is 23.7 Å². The molecule has 0 bridgehead atoms. The molecule has 1 saturated carbocycles. The lowest BCUT2D eigenvalue weighted by Gasteiger charge is -2.03. The molecule has 1 aliphatic carbocycles. The molecular formula is C13H11ClN2O. The van der Waals surface area contributed by atoms with E-state index >= 15 is 0 Å². The minimum absolute atomic E-state index is 0.170. The van der Waals surface area contributed by atoms with Crippen LogP contribution in [0, 0.1) is 0 Å². The van der Waals surface area contributed by atoms with Crippen LogP contribution in [0.1, 0.15) is 24.5 Å². The molecule has 2 aromatic rings. The minimum atomic E-state index is -0.170. The third kappa shape index (κ3) is 2.11. The lowest BCUT2D eigenvalue weighted by Crippen LogP contribution is -2.12. The quantitative estimate of drug-likeness (QED) is 0.886. The smallest absolute Gasteiger partial charge is 0.267 e. The van der Waals surface area contributed by atoms with Crippen molar-refractivity contribution in [3.8, 4) is 11.1 Å². The van der Waals surface area contributed by atoms with Crippen molar-refractivity contribution in [2.75, 3.05) is 0 Å². The Bertz CT molecular complexity index is 617. The molecule has 1 fully saturated rings. The molecule has 0 unspecified atom stereocenters. The molecule has 0 atom stereocenters. The Hall–Kier alpha value is -1.61. The fraction of sp³-hybridized carbons (Fsp3) is 0.231. The summed E-state index contributed by atoms with van der Waals surface area (Å²) in [4.78, 5) is 11.8. The van der Waals surface area contributed by atoms with E-state index < -0.39 is 0 Å². The van der Waals surface area contributed by atoms with Gasteiger partial charge in [-0.3, -0.25) is 4.79 Å². The van der Waals surface area contributed by atoms with Crippen LogP contribution in [0.3, 0.4) is 0 Å². The van der Waals surface area contributed by atoms with Crippen LogP contribution in [0.2, 0.25) is 5.02 Å². The second-order valence-corrected chi connectivity index (χ2v) is 4.76. The molecule has 1 aromatic heterocycles. The minimum Gasteiger partial charge on any atom is -0.267 e. The highest BCUT2D eigenvalue weighted by Crippen LogP contribution is 2.39. The summed E-state index contributed by atoms with van der Waals surface area (Å²) in [5, 5.41) is 7.27. The van der Waals surface area contributed by atoms with E-state index in [0.29, 0.717) is 16.5 Å². The second-order valence-electron chi connectivity index (χ2n) is 4.32. The third-order valence-corrected chi connectivity index (χ3v) is 3.19. The molecule has 0 aliphatic heterocycles. The number of rotatable bonds is 2. The Morgan fingerprint density at radius 3 is 2.82 bits per heavy atom. The maximum Gasteiger partial charge on any atom is 0.272 e. The Morgan fingerprint density at radius 1 is 1.29 bits per heavy atom. The van der Waals surface area contributed by atoms with Crippen LogP contribution in [0.15, 0.2) is 35.1 Å². The van der Waals surface area contributed by atoms with Crippen molar-refractivity contribution in [2.24, 2.45) is 0 Å². The normalized spacial score (nSPS) is 14.9. The standard InChI is InChI=1S/C13H11ClN2O/c14-10-3-1-2-9(6-10)11-7-12(8-4-5-8)15-16-13(11)17/h1-3,6-8H,4-5H2,(H,16,17). The first-order chi connectivity index (χ1) is 8.24. The van der Waals surface area contributed by atoms with Gasteiger partial charge in [-0.15, -0.1) is 0 Å². The summed E-state index contributed by atoms with van der Waals surface area (Å²) >= 11 is 5.93. The number of nitrogens with one attached hydrogen (secondary N) is 1. The van der Waals surface area contributed by atoms with Crippen molar-refractivity contribution < 1.29 is 0 Å². The van der Waals surface area contributed by atoms with Gasteiger partial charge in [0.2, 0.25) is 0 Å². The number of hydrogen-bond acceptors (Lipinski definition) is 2. The van der Waals surface area contributed by atoms with Crippen LogP contribution in [-0.2, 0) is 0 Å². The summed E-state index contributed by atoms with van der Waals surface area (Å²) in [5.74, 6) is 0.518. The van der Waals surface area contributed by atoms with Crippen LogP contribution in [-0.4, -0.2) is 10.2 Å². The highest BCUT2D eigenvalue weighted by molar-refractivity contribution is 6.30. The van der Waals surface area contributed by atoms with Crippen molar-refractivity contribution >= 4 is 11.6 Å². The molecule has 1 heterocycles. The molecular weight excluding hydrogens is 236 g/mol. The summed E-state index contributed by atoms with van der Waals surface area (Å²) in [6.07, 6.45) is 2.32. The largest absolute Gasteiger partial charge is 0.272 e. The average Bonchev–Trinajstić information content (AvgIpc) is 3.14. The second kappa shape index (κ2) is 4.00. The molecule has 86 valence electrons. The molecule has 1 aromatic carbocycles. The maximum atomic E-state index is 11.8. The van der Waals surface area contributed by atoms with Gasteiger partial charge in [0.1, 0.15) is 0 Å².